The Morgan fingerprint density at radius 3 is 2.67 bits per heavy atom. The summed E-state index contributed by atoms with van der Waals surface area (Å²) in [4.78, 5) is 2.68. The molecule has 21 heavy (non-hydrogen) atoms. The van der Waals surface area contributed by atoms with Crippen LogP contribution in [0, 0.1) is 5.92 Å². The molecular formula is C17H36N2O2. The van der Waals surface area contributed by atoms with E-state index in [1.54, 1.807) is 7.11 Å². The molecule has 0 amide bonds. The van der Waals surface area contributed by atoms with Crippen molar-refractivity contribution in [3.05, 3.63) is 0 Å². The van der Waals surface area contributed by atoms with E-state index in [2.05, 4.69) is 37.9 Å². The second kappa shape index (κ2) is 9.78. The number of hydrogen-bond acceptors (Lipinski definition) is 4. The monoisotopic (exact) mass is 300 g/mol. The molecule has 1 aliphatic heterocycles. The fourth-order valence-electron chi connectivity index (χ4n) is 2.96. The lowest BCUT2D eigenvalue weighted by molar-refractivity contribution is 0.0210. The summed E-state index contributed by atoms with van der Waals surface area (Å²) in [7, 11) is 1.71. The minimum atomic E-state index is 0.288. The van der Waals surface area contributed by atoms with Gasteiger partial charge in [-0.3, -0.25) is 4.90 Å². The van der Waals surface area contributed by atoms with Crippen LogP contribution in [-0.4, -0.2) is 63.0 Å². The summed E-state index contributed by atoms with van der Waals surface area (Å²) in [5.74, 6) is 0.742. The lowest BCUT2D eigenvalue weighted by atomic mass is 9.88. The third-order valence-electron chi connectivity index (χ3n) is 5.17. The summed E-state index contributed by atoms with van der Waals surface area (Å²) >= 11 is 0. The first-order valence-electron chi connectivity index (χ1n) is 8.62. The molecule has 1 aliphatic rings. The van der Waals surface area contributed by atoms with Crippen molar-refractivity contribution in [1.82, 2.24) is 10.2 Å². The van der Waals surface area contributed by atoms with Crippen molar-refractivity contribution in [3.8, 4) is 0 Å². The third-order valence-corrected chi connectivity index (χ3v) is 5.17. The fraction of sp³-hybridized carbons (Fsp3) is 1.00. The first-order valence-corrected chi connectivity index (χ1v) is 8.62. The van der Waals surface area contributed by atoms with E-state index in [9.17, 15) is 0 Å². The van der Waals surface area contributed by atoms with E-state index in [0.717, 1.165) is 38.6 Å². The number of rotatable bonds is 10. The van der Waals surface area contributed by atoms with Crippen LogP contribution in [-0.2, 0) is 9.47 Å². The van der Waals surface area contributed by atoms with Crippen LogP contribution in [0.1, 0.15) is 47.0 Å². The van der Waals surface area contributed by atoms with Crippen molar-refractivity contribution >= 4 is 0 Å². The van der Waals surface area contributed by atoms with Gasteiger partial charge in [0.15, 0.2) is 0 Å². The van der Waals surface area contributed by atoms with E-state index >= 15 is 0 Å². The van der Waals surface area contributed by atoms with E-state index < -0.39 is 0 Å². The fourth-order valence-corrected chi connectivity index (χ4v) is 2.96. The summed E-state index contributed by atoms with van der Waals surface area (Å²) in [6, 6.07) is 0.629. The number of ether oxygens (including phenoxy) is 2. The summed E-state index contributed by atoms with van der Waals surface area (Å²) in [6.07, 6.45) is 3.54. The van der Waals surface area contributed by atoms with Crippen LogP contribution in [0.15, 0.2) is 0 Å². The van der Waals surface area contributed by atoms with Crippen LogP contribution in [0.3, 0.4) is 0 Å². The predicted molar refractivity (Wildman–Crippen MR) is 88.8 cm³/mol. The van der Waals surface area contributed by atoms with Crippen LogP contribution >= 0.6 is 0 Å². The highest BCUT2D eigenvalue weighted by Gasteiger charge is 2.37. The molecule has 4 nitrogen and oxygen atoms in total. The molecule has 0 aromatic heterocycles. The highest BCUT2D eigenvalue weighted by molar-refractivity contribution is 4.96. The molecule has 4 heteroatoms. The Labute approximate surface area is 131 Å². The van der Waals surface area contributed by atoms with Gasteiger partial charge in [-0.15, -0.1) is 0 Å². The lowest BCUT2D eigenvalue weighted by Crippen LogP contribution is -2.64. The second-order valence-electron chi connectivity index (χ2n) is 6.63. The van der Waals surface area contributed by atoms with Gasteiger partial charge in [0.1, 0.15) is 0 Å². The SMILES string of the molecule is CCC(C)C1CN(CCCOCCOC)C(C)(CC)CN1. The number of hydrogen-bond donors (Lipinski definition) is 1. The molecule has 0 saturated carbocycles. The quantitative estimate of drug-likeness (QED) is 0.629. The van der Waals surface area contributed by atoms with E-state index in [0.29, 0.717) is 19.3 Å². The van der Waals surface area contributed by atoms with Crippen LogP contribution in [0.2, 0.25) is 0 Å². The molecule has 0 aliphatic carbocycles. The summed E-state index contributed by atoms with van der Waals surface area (Å²) in [6.45, 7) is 15.0. The standard InChI is InChI=1S/C17H36N2O2/c1-6-15(3)16-13-19(17(4,7-2)14-18-16)9-8-10-21-12-11-20-5/h15-16,18H,6-14H2,1-5H3. The van der Waals surface area contributed by atoms with Gasteiger partial charge in [0.05, 0.1) is 13.2 Å². The van der Waals surface area contributed by atoms with Gasteiger partial charge < -0.3 is 14.8 Å². The summed E-state index contributed by atoms with van der Waals surface area (Å²) in [5, 5.41) is 3.77. The third kappa shape index (κ3) is 5.85. The van der Waals surface area contributed by atoms with Crippen molar-refractivity contribution in [3.63, 3.8) is 0 Å². The van der Waals surface area contributed by atoms with Gasteiger partial charge in [0.2, 0.25) is 0 Å². The zero-order valence-corrected chi connectivity index (χ0v) is 14.8. The maximum Gasteiger partial charge on any atom is 0.0700 e. The highest BCUT2D eigenvalue weighted by atomic mass is 16.5. The Hall–Kier alpha value is -0.160. The van der Waals surface area contributed by atoms with Crippen LogP contribution in [0.25, 0.3) is 0 Å². The zero-order chi connectivity index (χ0) is 15.7. The summed E-state index contributed by atoms with van der Waals surface area (Å²) in [5.41, 5.74) is 0.288. The van der Waals surface area contributed by atoms with Gasteiger partial charge in [0, 0.05) is 44.9 Å². The van der Waals surface area contributed by atoms with E-state index in [-0.39, 0.29) is 5.54 Å². The Balaban J connectivity index is 2.41. The number of nitrogens with one attached hydrogen (secondary N) is 1. The second-order valence-corrected chi connectivity index (χ2v) is 6.63. The van der Waals surface area contributed by atoms with Gasteiger partial charge in [-0.1, -0.05) is 27.2 Å². The van der Waals surface area contributed by atoms with Crippen molar-refractivity contribution in [2.24, 2.45) is 5.92 Å². The Morgan fingerprint density at radius 1 is 1.29 bits per heavy atom. The van der Waals surface area contributed by atoms with Gasteiger partial charge in [-0.05, 0) is 25.7 Å². The topological polar surface area (TPSA) is 33.7 Å². The minimum absolute atomic E-state index is 0.288. The predicted octanol–water partition coefficient (Wildman–Crippen LogP) is 2.53. The summed E-state index contributed by atoms with van der Waals surface area (Å²) < 4.78 is 10.6. The lowest BCUT2D eigenvalue weighted by Gasteiger charge is -2.49. The maximum atomic E-state index is 5.60. The Morgan fingerprint density at radius 2 is 2.05 bits per heavy atom. The molecule has 3 atom stereocenters. The number of piperazine rings is 1. The van der Waals surface area contributed by atoms with Crippen LogP contribution in [0.4, 0.5) is 0 Å². The molecule has 0 radical (unpaired) electrons. The van der Waals surface area contributed by atoms with Crippen LogP contribution < -0.4 is 5.32 Å². The average molecular weight is 300 g/mol. The van der Waals surface area contributed by atoms with E-state index in [4.69, 9.17) is 9.47 Å². The van der Waals surface area contributed by atoms with Crippen molar-refractivity contribution in [2.45, 2.75) is 58.5 Å². The van der Waals surface area contributed by atoms with Gasteiger partial charge in [-0.2, -0.15) is 0 Å². The van der Waals surface area contributed by atoms with Gasteiger partial charge >= 0.3 is 0 Å². The molecule has 0 aromatic carbocycles. The van der Waals surface area contributed by atoms with Gasteiger partial charge in [0.25, 0.3) is 0 Å². The zero-order valence-electron chi connectivity index (χ0n) is 14.8. The highest BCUT2D eigenvalue weighted by Crippen LogP contribution is 2.25. The average Bonchev–Trinajstić information content (AvgIpc) is 2.51. The smallest absolute Gasteiger partial charge is 0.0700 e. The van der Waals surface area contributed by atoms with E-state index in [1.807, 2.05) is 0 Å². The molecule has 1 rings (SSSR count). The van der Waals surface area contributed by atoms with E-state index in [1.165, 1.54) is 12.8 Å². The molecule has 126 valence electrons. The molecule has 0 aromatic rings. The minimum Gasteiger partial charge on any atom is -0.382 e. The molecule has 3 unspecified atom stereocenters. The maximum absolute atomic E-state index is 5.60. The molecular weight excluding hydrogens is 264 g/mol. The Bertz CT molecular complexity index is 276. The van der Waals surface area contributed by atoms with Crippen molar-refractivity contribution in [2.75, 3.05) is 46.6 Å². The number of methoxy groups -OCH3 is 1. The van der Waals surface area contributed by atoms with Crippen LogP contribution in [0.5, 0.6) is 0 Å². The molecule has 1 saturated heterocycles. The number of nitrogens with zero attached hydrogens (tertiary/aromatic N) is 1. The molecule has 1 fully saturated rings. The van der Waals surface area contributed by atoms with Gasteiger partial charge in [-0.25, -0.2) is 0 Å². The molecule has 1 N–H and O–H groups in total. The Kier molecular flexibility index (Phi) is 8.79. The molecule has 0 spiro atoms. The molecule has 1 heterocycles. The largest absolute Gasteiger partial charge is 0.382 e. The normalized spacial score (nSPS) is 28.7. The van der Waals surface area contributed by atoms with Crippen molar-refractivity contribution in [1.29, 1.82) is 0 Å². The van der Waals surface area contributed by atoms with Crippen molar-refractivity contribution < 1.29 is 9.47 Å². The first-order chi connectivity index (χ1) is 10.1. The molecule has 0 bridgehead atoms. The first kappa shape index (κ1) is 18.9.